The molecule has 0 spiro atoms. The molecule has 1 aromatic carbocycles. The Morgan fingerprint density at radius 1 is 1.30 bits per heavy atom. The third-order valence-corrected chi connectivity index (χ3v) is 4.13. The smallest absolute Gasteiger partial charge is 0.191 e. The van der Waals surface area contributed by atoms with Crippen molar-refractivity contribution >= 4 is 39.8 Å². The van der Waals surface area contributed by atoms with Crippen LogP contribution in [-0.4, -0.2) is 46.0 Å². The molecule has 0 heterocycles. The standard InChI is InChI=1S/C15H24FN3O2S.HI/c1-12(9-11-22(3,20)21)19-15(17-2)18-10-8-13-4-6-14(16)7-5-13;/h4-7,12H,8-11H2,1-3H3,(H2,17,18,19);1H. The van der Waals surface area contributed by atoms with E-state index < -0.39 is 9.84 Å². The molecule has 1 aromatic rings. The van der Waals surface area contributed by atoms with Crippen LogP contribution in [0.1, 0.15) is 18.9 Å². The van der Waals surface area contributed by atoms with Crippen molar-refractivity contribution in [3.05, 3.63) is 35.6 Å². The second-order valence-corrected chi connectivity index (χ2v) is 7.60. The van der Waals surface area contributed by atoms with Gasteiger partial charge in [-0.05, 0) is 37.5 Å². The van der Waals surface area contributed by atoms with Crippen molar-refractivity contribution in [2.45, 2.75) is 25.8 Å². The van der Waals surface area contributed by atoms with Gasteiger partial charge in [-0.15, -0.1) is 24.0 Å². The van der Waals surface area contributed by atoms with Crippen molar-refractivity contribution < 1.29 is 12.8 Å². The van der Waals surface area contributed by atoms with Crippen molar-refractivity contribution in [2.24, 2.45) is 4.99 Å². The third kappa shape index (κ3) is 10.5. The summed E-state index contributed by atoms with van der Waals surface area (Å²) in [4.78, 5) is 4.10. The highest BCUT2D eigenvalue weighted by Gasteiger charge is 2.09. The summed E-state index contributed by atoms with van der Waals surface area (Å²) in [6, 6.07) is 6.39. The van der Waals surface area contributed by atoms with Gasteiger partial charge in [0.1, 0.15) is 15.7 Å². The van der Waals surface area contributed by atoms with Crippen molar-refractivity contribution in [1.82, 2.24) is 10.6 Å². The Morgan fingerprint density at radius 2 is 1.91 bits per heavy atom. The Hall–Kier alpha value is -0.900. The van der Waals surface area contributed by atoms with Crippen LogP contribution < -0.4 is 10.6 Å². The number of halogens is 2. The maximum absolute atomic E-state index is 12.8. The van der Waals surface area contributed by atoms with E-state index in [9.17, 15) is 12.8 Å². The predicted molar refractivity (Wildman–Crippen MR) is 104 cm³/mol. The molecule has 132 valence electrons. The van der Waals surface area contributed by atoms with E-state index in [1.165, 1.54) is 18.4 Å². The molecule has 0 radical (unpaired) electrons. The second-order valence-electron chi connectivity index (χ2n) is 5.34. The highest BCUT2D eigenvalue weighted by atomic mass is 127. The molecule has 0 saturated carbocycles. The van der Waals surface area contributed by atoms with Gasteiger partial charge in [-0.2, -0.15) is 0 Å². The summed E-state index contributed by atoms with van der Waals surface area (Å²) in [6.07, 6.45) is 2.51. The summed E-state index contributed by atoms with van der Waals surface area (Å²) >= 11 is 0. The Kier molecular flexibility index (Phi) is 10.4. The van der Waals surface area contributed by atoms with Crippen LogP contribution in [0.4, 0.5) is 4.39 Å². The Labute approximate surface area is 155 Å². The predicted octanol–water partition coefficient (Wildman–Crippen LogP) is 1.97. The number of nitrogens with one attached hydrogen (secondary N) is 2. The zero-order chi connectivity index (χ0) is 16.6. The van der Waals surface area contributed by atoms with Gasteiger partial charge in [0.15, 0.2) is 5.96 Å². The molecular weight excluding hydrogens is 432 g/mol. The maximum Gasteiger partial charge on any atom is 0.191 e. The molecule has 0 fully saturated rings. The van der Waals surface area contributed by atoms with Crippen LogP contribution in [0.5, 0.6) is 0 Å². The number of aliphatic imine (C=N–C) groups is 1. The van der Waals surface area contributed by atoms with Gasteiger partial charge >= 0.3 is 0 Å². The average molecular weight is 457 g/mol. The van der Waals surface area contributed by atoms with Crippen LogP contribution in [0.25, 0.3) is 0 Å². The molecule has 0 aliphatic heterocycles. The first-order chi connectivity index (χ1) is 10.3. The van der Waals surface area contributed by atoms with Crippen LogP contribution in [0.2, 0.25) is 0 Å². The molecule has 23 heavy (non-hydrogen) atoms. The van der Waals surface area contributed by atoms with Crippen LogP contribution in [0, 0.1) is 5.82 Å². The summed E-state index contributed by atoms with van der Waals surface area (Å²) in [5, 5.41) is 6.31. The molecule has 0 aromatic heterocycles. The van der Waals surface area contributed by atoms with E-state index in [0.717, 1.165) is 12.0 Å². The van der Waals surface area contributed by atoms with Gasteiger partial charge in [0.25, 0.3) is 0 Å². The monoisotopic (exact) mass is 457 g/mol. The van der Waals surface area contributed by atoms with Gasteiger partial charge in [0.05, 0.1) is 5.75 Å². The second kappa shape index (κ2) is 10.8. The third-order valence-electron chi connectivity index (χ3n) is 3.15. The van der Waals surface area contributed by atoms with E-state index in [0.29, 0.717) is 18.9 Å². The molecule has 2 N–H and O–H groups in total. The van der Waals surface area contributed by atoms with Gasteiger partial charge in [-0.3, -0.25) is 4.99 Å². The zero-order valence-electron chi connectivity index (χ0n) is 13.7. The topological polar surface area (TPSA) is 70.6 Å². The molecular formula is C15H25FIN3O2S. The Morgan fingerprint density at radius 3 is 2.43 bits per heavy atom. The van der Waals surface area contributed by atoms with E-state index >= 15 is 0 Å². The van der Waals surface area contributed by atoms with Gasteiger partial charge in [-0.1, -0.05) is 12.1 Å². The first-order valence-electron chi connectivity index (χ1n) is 7.19. The minimum Gasteiger partial charge on any atom is -0.356 e. The zero-order valence-corrected chi connectivity index (χ0v) is 16.8. The highest BCUT2D eigenvalue weighted by Crippen LogP contribution is 2.02. The quantitative estimate of drug-likeness (QED) is 0.373. The lowest BCUT2D eigenvalue weighted by Crippen LogP contribution is -2.43. The molecule has 0 aliphatic rings. The largest absolute Gasteiger partial charge is 0.356 e. The van der Waals surface area contributed by atoms with E-state index in [1.807, 2.05) is 6.92 Å². The number of guanidine groups is 1. The van der Waals surface area contributed by atoms with Gasteiger partial charge in [0.2, 0.25) is 0 Å². The van der Waals surface area contributed by atoms with Crippen molar-refractivity contribution in [3.63, 3.8) is 0 Å². The lowest BCUT2D eigenvalue weighted by Gasteiger charge is -2.17. The molecule has 8 heteroatoms. The van der Waals surface area contributed by atoms with E-state index in [-0.39, 0.29) is 41.6 Å². The van der Waals surface area contributed by atoms with Gasteiger partial charge < -0.3 is 10.6 Å². The molecule has 0 amide bonds. The van der Waals surface area contributed by atoms with Gasteiger partial charge in [-0.25, -0.2) is 12.8 Å². The minimum absolute atomic E-state index is 0. The summed E-state index contributed by atoms with van der Waals surface area (Å²) in [5.74, 6) is 0.533. The fourth-order valence-electron chi connectivity index (χ4n) is 1.87. The fourth-order valence-corrected chi connectivity index (χ4v) is 2.65. The van der Waals surface area contributed by atoms with Crippen molar-refractivity contribution in [1.29, 1.82) is 0 Å². The average Bonchev–Trinajstić information content (AvgIpc) is 2.45. The Bertz CT molecular complexity index is 591. The highest BCUT2D eigenvalue weighted by molar-refractivity contribution is 14.0. The number of rotatable bonds is 7. The van der Waals surface area contributed by atoms with Crippen molar-refractivity contribution in [2.75, 3.05) is 25.6 Å². The fraction of sp³-hybridized carbons (Fsp3) is 0.533. The van der Waals surface area contributed by atoms with Crippen LogP contribution in [0.3, 0.4) is 0 Å². The van der Waals surface area contributed by atoms with E-state index in [4.69, 9.17) is 0 Å². The lowest BCUT2D eigenvalue weighted by molar-refractivity contribution is 0.581. The number of hydrogen-bond acceptors (Lipinski definition) is 3. The number of nitrogens with zero attached hydrogens (tertiary/aromatic N) is 1. The van der Waals surface area contributed by atoms with E-state index in [1.54, 1.807) is 19.2 Å². The van der Waals surface area contributed by atoms with Crippen molar-refractivity contribution in [3.8, 4) is 0 Å². The van der Waals surface area contributed by atoms with Crippen LogP contribution in [-0.2, 0) is 16.3 Å². The molecule has 5 nitrogen and oxygen atoms in total. The lowest BCUT2D eigenvalue weighted by atomic mass is 10.1. The number of sulfone groups is 1. The molecule has 1 unspecified atom stereocenters. The molecule has 1 atom stereocenters. The normalized spacial score (nSPS) is 13.1. The summed E-state index contributed by atoms with van der Waals surface area (Å²) < 4.78 is 35.1. The summed E-state index contributed by atoms with van der Waals surface area (Å²) in [6.45, 7) is 2.57. The van der Waals surface area contributed by atoms with Crippen LogP contribution >= 0.6 is 24.0 Å². The first-order valence-corrected chi connectivity index (χ1v) is 9.25. The SMILES string of the molecule is CN=C(NCCc1ccc(F)cc1)NC(C)CCS(C)(=O)=O.I. The van der Waals surface area contributed by atoms with Gasteiger partial charge in [0, 0.05) is 25.9 Å². The summed E-state index contributed by atoms with van der Waals surface area (Å²) in [7, 11) is -1.29. The molecule has 0 aliphatic carbocycles. The summed E-state index contributed by atoms with van der Waals surface area (Å²) in [5.41, 5.74) is 1.04. The molecule has 0 bridgehead atoms. The Balaban J connectivity index is 0.00000484. The maximum atomic E-state index is 12.8. The van der Waals surface area contributed by atoms with Crippen LogP contribution in [0.15, 0.2) is 29.3 Å². The molecule has 1 rings (SSSR count). The first kappa shape index (κ1) is 22.1. The number of hydrogen-bond donors (Lipinski definition) is 2. The number of benzene rings is 1. The molecule has 0 saturated heterocycles. The van der Waals surface area contributed by atoms with E-state index in [2.05, 4.69) is 15.6 Å². The minimum atomic E-state index is -2.95.